The standard InChI is InChI=1S/C10H7N2O2/c13-11-12(14)10-6-5-8-3-1-2-4-9(8)7-10/h1-7H/q-1. The summed E-state index contributed by atoms with van der Waals surface area (Å²) >= 11 is 0. The highest BCUT2D eigenvalue weighted by atomic mass is 16.6. The van der Waals surface area contributed by atoms with Crippen molar-refractivity contribution in [3.63, 3.8) is 0 Å². The Labute approximate surface area is 80.3 Å². The second-order valence-corrected chi connectivity index (χ2v) is 2.89. The van der Waals surface area contributed by atoms with Crippen LogP contribution in [0.3, 0.4) is 0 Å². The quantitative estimate of drug-likeness (QED) is 0.536. The molecule has 0 aliphatic heterocycles. The number of fused-ring (bicyclic) bond motifs is 1. The molecule has 0 saturated carbocycles. The second-order valence-electron chi connectivity index (χ2n) is 2.89. The van der Waals surface area contributed by atoms with E-state index in [1.165, 1.54) is 0 Å². The normalized spacial score (nSPS) is 10.1. The predicted octanol–water partition coefficient (Wildman–Crippen LogP) is 2.83. The molecular formula is C10H7N2O2-. The summed E-state index contributed by atoms with van der Waals surface area (Å²) < 4.78 is 0. The molecule has 0 aromatic heterocycles. The van der Waals surface area contributed by atoms with E-state index in [1.807, 2.05) is 24.3 Å². The summed E-state index contributed by atoms with van der Waals surface area (Å²) in [7, 11) is 0. The van der Waals surface area contributed by atoms with Crippen LogP contribution < -0.4 is 5.17 Å². The van der Waals surface area contributed by atoms with Crippen molar-refractivity contribution in [1.82, 2.24) is 0 Å². The van der Waals surface area contributed by atoms with E-state index in [4.69, 9.17) is 0 Å². The van der Waals surface area contributed by atoms with Crippen LogP contribution in [0.5, 0.6) is 0 Å². The summed E-state index contributed by atoms with van der Waals surface area (Å²) in [4.78, 5) is 10.0. The van der Waals surface area contributed by atoms with Crippen LogP contribution in [0.2, 0.25) is 0 Å². The van der Waals surface area contributed by atoms with Crippen LogP contribution in [-0.2, 0) is 0 Å². The monoisotopic (exact) mass is 187 g/mol. The van der Waals surface area contributed by atoms with E-state index >= 15 is 0 Å². The fourth-order valence-electron chi connectivity index (χ4n) is 1.34. The summed E-state index contributed by atoms with van der Waals surface area (Å²) in [5.74, 6) is 0. The van der Waals surface area contributed by atoms with Gasteiger partial charge in [-0.25, -0.2) is 0 Å². The molecule has 2 aromatic rings. The summed E-state index contributed by atoms with van der Waals surface area (Å²) in [5.41, 5.74) is 0.249. The Morgan fingerprint density at radius 2 is 1.79 bits per heavy atom. The molecule has 0 aliphatic carbocycles. The van der Waals surface area contributed by atoms with E-state index in [0.29, 0.717) is 0 Å². The van der Waals surface area contributed by atoms with Crippen LogP contribution in [0, 0.1) is 10.1 Å². The van der Waals surface area contributed by atoms with Crippen molar-refractivity contribution in [2.75, 3.05) is 5.17 Å². The van der Waals surface area contributed by atoms with Crippen molar-refractivity contribution in [3.05, 3.63) is 52.6 Å². The van der Waals surface area contributed by atoms with E-state index in [-0.39, 0.29) is 10.9 Å². The Morgan fingerprint density at radius 1 is 1.07 bits per heavy atom. The van der Waals surface area contributed by atoms with Gasteiger partial charge in [-0.15, -0.1) is 4.91 Å². The molecule has 0 saturated heterocycles. The number of nitrogens with zero attached hydrogens (tertiary/aromatic N) is 2. The van der Waals surface area contributed by atoms with Gasteiger partial charge in [0.2, 0.25) is 0 Å². The number of hydrogen-bond donors (Lipinski definition) is 0. The van der Waals surface area contributed by atoms with Gasteiger partial charge < -0.3 is 5.21 Å². The Balaban J connectivity index is 2.56. The first kappa shape index (κ1) is 8.65. The summed E-state index contributed by atoms with van der Waals surface area (Å²) in [6.45, 7) is 0. The molecule has 0 amide bonds. The average Bonchev–Trinajstić information content (AvgIpc) is 2.27. The maximum Gasteiger partial charge on any atom is 0.0506 e. The fraction of sp³-hybridized carbons (Fsp3) is 0. The molecule has 0 aliphatic rings. The van der Waals surface area contributed by atoms with Gasteiger partial charge in [0, 0.05) is 5.29 Å². The average molecular weight is 187 g/mol. The van der Waals surface area contributed by atoms with Gasteiger partial charge in [-0.2, -0.15) is 0 Å². The third kappa shape index (κ3) is 1.43. The molecular weight excluding hydrogens is 180 g/mol. The van der Waals surface area contributed by atoms with Gasteiger partial charge in [0.25, 0.3) is 0 Å². The molecule has 0 bridgehead atoms. The maximum atomic E-state index is 10.9. The van der Waals surface area contributed by atoms with Crippen molar-refractivity contribution < 1.29 is 0 Å². The number of nitroso groups, excluding NO2 is 1. The lowest BCUT2D eigenvalue weighted by Gasteiger charge is -2.19. The predicted molar refractivity (Wildman–Crippen MR) is 55.6 cm³/mol. The first-order valence-corrected chi connectivity index (χ1v) is 4.10. The van der Waals surface area contributed by atoms with E-state index in [9.17, 15) is 10.1 Å². The van der Waals surface area contributed by atoms with Gasteiger partial charge in [-0.1, -0.05) is 30.3 Å². The van der Waals surface area contributed by atoms with Crippen molar-refractivity contribution in [3.8, 4) is 0 Å². The number of benzene rings is 2. The zero-order valence-electron chi connectivity index (χ0n) is 7.25. The van der Waals surface area contributed by atoms with Crippen molar-refractivity contribution in [1.29, 1.82) is 0 Å². The smallest absolute Gasteiger partial charge is 0.0506 e. The van der Waals surface area contributed by atoms with Gasteiger partial charge in [0.05, 0.1) is 5.69 Å². The van der Waals surface area contributed by atoms with E-state index in [1.54, 1.807) is 18.2 Å². The van der Waals surface area contributed by atoms with Gasteiger partial charge >= 0.3 is 0 Å². The zero-order valence-corrected chi connectivity index (χ0v) is 7.25. The fourth-order valence-corrected chi connectivity index (χ4v) is 1.34. The van der Waals surface area contributed by atoms with E-state index in [0.717, 1.165) is 10.8 Å². The third-order valence-corrected chi connectivity index (χ3v) is 2.03. The molecule has 0 spiro atoms. The van der Waals surface area contributed by atoms with Gasteiger partial charge in [-0.3, -0.25) is 5.17 Å². The highest BCUT2D eigenvalue weighted by molar-refractivity contribution is 5.85. The molecule has 2 rings (SSSR count). The van der Waals surface area contributed by atoms with Crippen molar-refractivity contribution in [2.24, 2.45) is 5.29 Å². The summed E-state index contributed by atoms with van der Waals surface area (Å²) in [6, 6.07) is 12.6. The summed E-state index contributed by atoms with van der Waals surface area (Å²) in [5, 5.41) is 15.2. The van der Waals surface area contributed by atoms with Crippen LogP contribution in [0.25, 0.3) is 10.8 Å². The zero-order chi connectivity index (χ0) is 9.97. The minimum absolute atomic E-state index is 0.0619. The molecule has 0 N–H and O–H groups in total. The summed E-state index contributed by atoms with van der Waals surface area (Å²) in [6.07, 6.45) is 0. The molecule has 2 aromatic carbocycles. The molecule has 0 radical (unpaired) electrons. The highest BCUT2D eigenvalue weighted by Crippen LogP contribution is 2.21. The Bertz CT molecular complexity index is 470. The van der Waals surface area contributed by atoms with Crippen LogP contribution in [0.15, 0.2) is 47.8 Å². The topological polar surface area (TPSA) is 55.7 Å². The van der Waals surface area contributed by atoms with Crippen LogP contribution >= 0.6 is 0 Å². The molecule has 4 heteroatoms. The van der Waals surface area contributed by atoms with Crippen molar-refractivity contribution in [2.45, 2.75) is 0 Å². The molecule has 70 valence electrons. The lowest BCUT2D eigenvalue weighted by molar-refractivity contribution is 1.07. The molecule has 4 nitrogen and oxygen atoms in total. The Morgan fingerprint density at radius 3 is 2.50 bits per heavy atom. The molecule has 0 fully saturated rings. The SMILES string of the molecule is O=NN([O-])c1ccc2ccccc2c1. The lowest BCUT2D eigenvalue weighted by Crippen LogP contribution is -2.03. The van der Waals surface area contributed by atoms with Gasteiger partial charge in [0.15, 0.2) is 0 Å². The first-order chi connectivity index (χ1) is 6.81. The van der Waals surface area contributed by atoms with Crippen LogP contribution in [0.1, 0.15) is 0 Å². The minimum atomic E-state index is 0.0619. The van der Waals surface area contributed by atoms with Crippen LogP contribution in [0.4, 0.5) is 5.69 Å². The van der Waals surface area contributed by atoms with Gasteiger partial charge in [0.1, 0.15) is 0 Å². The van der Waals surface area contributed by atoms with E-state index in [2.05, 4.69) is 5.29 Å². The first-order valence-electron chi connectivity index (χ1n) is 4.10. The number of rotatable bonds is 2. The molecule has 0 unspecified atom stereocenters. The number of anilines is 1. The highest BCUT2D eigenvalue weighted by Gasteiger charge is 1.96. The largest absolute Gasteiger partial charge is 0.735 e. The van der Waals surface area contributed by atoms with Gasteiger partial charge in [-0.05, 0) is 22.9 Å². The Hall–Kier alpha value is -1.94. The van der Waals surface area contributed by atoms with E-state index < -0.39 is 0 Å². The Kier molecular flexibility index (Phi) is 2.12. The maximum absolute atomic E-state index is 10.9. The molecule has 14 heavy (non-hydrogen) atoms. The molecule has 0 atom stereocenters. The minimum Gasteiger partial charge on any atom is -0.735 e. The second kappa shape index (κ2) is 3.43. The van der Waals surface area contributed by atoms with Crippen LogP contribution in [-0.4, -0.2) is 0 Å². The lowest BCUT2D eigenvalue weighted by atomic mass is 10.1. The molecule has 0 heterocycles. The van der Waals surface area contributed by atoms with Crippen molar-refractivity contribution >= 4 is 16.5 Å². The number of hydrogen-bond acceptors (Lipinski definition) is 3. The third-order valence-electron chi connectivity index (χ3n) is 2.03.